The van der Waals surface area contributed by atoms with Gasteiger partial charge in [-0.2, -0.15) is 0 Å². The lowest BCUT2D eigenvalue weighted by Gasteiger charge is -2.35. The van der Waals surface area contributed by atoms with E-state index in [1.165, 1.54) is 0 Å². The van der Waals surface area contributed by atoms with Gasteiger partial charge in [0.1, 0.15) is 0 Å². The molecule has 0 bridgehead atoms. The number of likely N-dealkylation sites (tertiary alicyclic amines) is 1. The molecule has 2 aromatic rings. The van der Waals surface area contributed by atoms with Gasteiger partial charge in [0.15, 0.2) is 0 Å². The number of hydrogen-bond acceptors (Lipinski definition) is 5. The number of carbonyl (C=O) groups excluding carboxylic acids is 1. The number of amides is 1. The monoisotopic (exact) mass is 343 g/mol. The van der Waals surface area contributed by atoms with Crippen LogP contribution in [0, 0.1) is 11.8 Å². The van der Waals surface area contributed by atoms with Crippen molar-refractivity contribution in [3.8, 4) is 0 Å². The number of aromatic nitrogens is 3. The quantitative estimate of drug-likeness (QED) is 0.710. The Hall–Kier alpha value is -2.74. The minimum absolute atomic E-state index is 0.133. The van der Waals surface area contributed by atoms with Crippen LogP contribution in [0.3, 0.4) is 0 Å². The van der Waals surface area contributed by atoms with Crippen molar-refractivity contribution in [3.63, 3.8) is 0 Å². The molecule has 2 aromatic heterocycles. The number of carboxylic acids is 1. The second-order valence-corrected chi connectivity index (χ2v) is 6.28. The molecule has 3 N–H and O–H groups in total. The van der Waals surface area contributed by atoms with Gasteiger partial charge in [-0.05, 0) is 18.6 Å². The van der Waals surface area contributed by atoms with E-state index in [9.17, 15) is 14.7 Å². The second-order valence-electron chi connectivity index (χ2n) is 6.28. The van der Waals surface area contributed by atoms with E-state index < -0.39 is 11.9 Å². The Kier molecular flexibility index (Phi) is 5.39. The van der Waals surface area contributed by atoms with Gasteiger partial charge in [0.2, 0.25) is 5.91 Å². The third kappa shape index (κ3) is 4.63. The molecule has 132 valence electrons. The maximum absolute atomic E-state index is 12.5. The number of piperidine rings is 1. The molecule has 1 saturated heterocycles. The number of imidazole rings is 1. The van der Waals surface area contributed by atoms with Gasteiger partial charge >= 0.3 is 5.97 Å². The highest BCUT2D eigenvalue weighted by molar-refractivity contribution is 5.80. The van der Waals surface area contributed by atoms with Crippen molar-refractivity contribution in [2.45, 2.75) is 19.5 Å². The van der Waals surface area contributed by atoms with Gasteiger partial charge in [-0.25, -0.2) is 4.98 Å². The van der Waals surface area contributed by atoms with E-state index in [0.29, 0.717) is 32.6 Å². The highest BCUT2D eigenvalue weighted by Gasteiger charge is 2.35. The Morgan fingerprint density at radius 3 is 2.84 bits per heavy atom. The topological polar surface area (TPSA) is 111 Å². The number of carboxylic acid groups (broad SMARTS) is 1. The fourth-order valence-corrected chi connectivity index (χ4v) is 3.13. The first-order chi connectivity index (χ1) is 12.1. The Morgan fingerprint density at radius 1 is 1.32 bits per heavy atom. The van der Waals surface area contributed by atoms with Crippen LogP contribution in [-0.4, -0.2) is 49.9 Å². The van der Waals surface area contributed by atoms with Crippen molar-refractivity contribution in [3.05, 3.63) is 48.3 Å². The van der Waals surface area contributed by atoms with Crippen LogP contribution in [0.1, 0.15) is 17.8 Å². The summed E-state index contributed by atoms with van der Waals surface area (Å²) in [6, 6.07) is 5.52. The molecule has 8 heteroatoms. The lowest BCUT2D eigenvalue weighted by molar-refractivity contribution is -0.145. The molecule has 2 atom stereocenters. The summed E-state index contributed by atoms with van der Waals surface area (Å²) in [6.07, 6.45) is 5.32. The van der Waals surface area contributed by atoms with Crippen molar-refractivity contribution < 1.29 is 14.7 Å². The SMILES string of the molecule is O=C(O)[C@H]1C[C@@H](C(=O)NCc2ccccn2)CN(Cc2cnc[nH]2)C1. The lowest BCUT2D eigenvalue weighted by Crippen LogP contribution is -2.47. The van der Waals surface area contributed by atoms with E-state index in [-0.39, 0.29) is 11.8 Å². The Labute approximate surface area is 145 Å². The predicted octanol–water partition coefficient (Wildman–Crippen LogP) is 0.644. The zero-order valence-corrected chi connectivity index (χ0v) is 13.8. The highest BCUT2D eigenvalue weighted by atomic mass is 16.4. The van der Waals surface area contributed by atoms with E-state index in [1.807, 2.05) is 23.1 Å². The van der Waals surface area contributed by atoms with E-state index in [1.54, 1.807) is 18.7 Å². The minimum Gasteiger partial charge on any atom is -0.481 e. The molecule has 0 radical (unpaired) electrons. The summed E-state index contributed by atoms with van der Waals surface area (Å²) in [4.78, 5) is 37.1. The molecule has 3 rings (SSSR count). The van der Waals surface area contributed by atoms with Crippen LogP contribution in [0.5, 0.6) is 0 Å². The summed E-state index contributed by atoms with van der Waals surface area (Å²) < 4.78 is 0. The largest absolute Gasteiger partial charge is 0.481 e. The Morgan fingerprint density at radius 2 is 2.16 bits per heavy atom. The third-order valence-electron chi connectivity index (χ3n) is 4.36. The van der Waals surface area contributed by atoms with Crippen molar-refractivity contribution in [1.29, 1.82) is 0 Å². The van der Waals surface area contributed by atoms with Crippen molar-refractivity contribution >= 4 is 11.9 Å². The molecular weight excluding hydrogens is 322 g/mol. The molecule has 3 heterocycles. The number of hydrogen-bond donors (Lipinski definition) is 3. The van der Waals surface area contributed by atoms with E-state index >= 15 is 0 Å². The number of aromatic amines is 1. The summed E-state index contributed by atoms with van der Waals surface area (Å²) >= 11 is 0. The number of pyridine rings is 1. The van der Waals surface area contributed by atoms with Crippen LogP contribution < -0.4 is 5.32 Å². The number of aliphatic carboxylic acids is 1. The zero-order chi connectivity index (χ0) is 17.6. The summed E-state index contributed by atoms with van der Waals surface area (Å²) in [7, 11) is 0. The number of nitrogens with zero attached hydrogens (tertiary/aromatic N) is 3. The third-order valence-corrected chi connectivity index (χ3v) is 4.36. The molecule has 0 unspecified atom stereocenters. The normalized spacial score (nSPS) is 21.0. The minimum atomic E-state index is -0.864. The van der Waals surface area contributed by atoms with Crippen LogP contribution in [-0.2, 0) is 22.7 Å². The van der Waals surface area contributed by atoms with E-state index in [0.717, 1.165) is 11.4 Å². The fraction of sp³-hybridized carbons (Fsp3) is 0.412. The van der Waals surface area contributed by atoms with Gasteiger partial charge < -0.3 is 15.4 Å². The van der Waals surface area contributed by atoms with Gasteiger partial charge in [-0.1, -0.05) is 6.07 Å². The van der Waals surface area contributed by atoms with Gasteiger partial charge in [0.25, 0.3) is 0 Å². The van der Waals surface area contributed by atoms with Crippen LogP contribution in [0.4, 0.5) is 0 Å². The molecule has 0 aliphatic carbocycles. The number of nitrogens with one attached hydrogen (secondary N) is 2. The highest BCUT2D eigenvalue weighted by Crippen LogP contribution is 2.23. The zero-order valence-electron chi connectivity index (χ0n) is 13.8. The average molecular weight is 343 g/mol. The first-order valence-corrected chi connectivity index (χ1v) is 8.22. The van der Waals surface area contributed by atoms with Crippen LogP contribution >= 0.6 is 0 Å². The van der Waals surface area contributed by atoms with Crippen LogP contribution in [0.2, 0.25) is 0 Å². The van der Waals surface area contributed by atoms with Crippen molar-refractivity contribution in [2.24, 2.45) is 11.8 Å². The molecule has 1 amide bonds. The maximum Gasteiger partial charge on any atom is 0.307 e. The van der Waals surface area contributed by atoms with Crippen LogP contribution in [0.15, 0.2) is 36.9 Å². The molecule has 8 nitrogen and oxygen atoms in total. The van der Waals surface area contributed by atoms with E-state index in [4.69, 9.17) is 0 Å². The lowest BCUT2D eigenvalue weighted by atomic mass is 9.88. The van der Waals surface area contributed by atoms with Crippen LogP contribution in [0.25, 0.3) is 0 Å². The number of carbonyl (C=O) groups is 2. The molecule has 0 saturated carbocycles. The standard InChI is InChI=1S/C17H21N5O3/c23-16(20-7-14-3-1-2-4-19-14)12-5-13(17(24)25)9-22(8-12)10-15-6-18-11-21-15/h1-4,6,11-13H,5,7-10H2,(H,18,21)(H,20,23)(H,24,25)/t12-,13+/m1/s1. The van der Waals surface area contributed by atoms with Gasteiger partial charge in [0.05, 0.1) is 30.4 Å². The summed E-state index contributed by atoms with van der Waals surface area (Å²) in [5, 5.41) is 12.3. The Bertz CT molecular complexity index is 704. The molecule has 0 aromatic carbocycles. The smallest absolute Gasteiger partial charge is 0.307 e. The van der Waals surface area contributed by atoms with Gasteiger partial charge in [-0.15, -0.1) is 0 Å². The van der Waals surface area contributed by atoms with Gasteiger partial charge in [0, 0.05) is 37.7 Å². The summed E-state index contributed by atoms with van der Waals surface area (Å²) in [5.74, 6) is -1.91. The van der Waals surface area contributed by atoms with E-state index in [2.05, 4.69) is 20.3 Å². The number of rotatable bonds is 6. The average Bonchev–Trinajstić information content (AvgIpc) is 3.13. The molecular formula is C17H21N5O3. The first kappa shape index (κ1) is 17.1. The molecule has 1 aliphatic heterocycles. The molecule has 1 aliphatic rings. The number of H-pyrrole nitrogens is 1. The predicted molar refractivity (Wildman–Crippen MR) is 89.2 cm³/mol. The van der Waals surface area contributed by atoms with Gasteiger partial charge in [-0.3, -0.25) is 19.5 Å². The summed E-state index contributed by atoms with van der Waals surface area (Å²) in [5.41, 5.74) is 1.68. The van der Waals surface area contributed by atoms with Crippen molar-refractivity contribution in [1.82, 2.24) is 25.2 Å². The second kappa shape index (κ2) is 7.89. The summed E-state index contributed by atoms with van der Waals surface area (Å²) in [6.45, 7) is 1.84. The first-order valence-electron chi connectivity index (χ1n) is 8.22. The maximum atomic E-state index is 12.5. The molecule has 0 spiro atoms. The van der Waals surface area contributed by atoms with Crippen molar-refractivity contribution in [2.75, 3.05) is 13.1 Å². The molecule has 1 fully saturated rings. The molecule has 25 heavy (non-hydrogen) atoms. The Balaban J connectivity index is 1.61. The fourth-order valence-electron chi connectivity index (χ4n) is 3.13.